The van der Waals surface area contributed by atoms with Gasteiger partial charge in [-0.05, 0) is 44.0 Å². The second-order valence-corrected chi connectivity index (χ2v) is 7.93. The number of nitrogens with one attached hydrogen (secondary N) is 1. The van der Waals surface area contributed by atoms with Crippen LogP contribution < -0.4 is 4.72 Å². The summed E-state index contributed by atoms with van der Waals surface area (Å²) in [6.07, 6.45) is 1.36. The summed E-state index contributed by atoms with van der Waals surface area (Å²) in [5, 5.41) is 7.89. The molecule has 1 aliphatic rings. The van der Waals surface area contributed by atoms with Crippen molar-refractivity contribution in [2.24, 2.45) is 0 Å². The van der Waals surface area contributed by atoms with Crippen molar-refractivity contribution in [3.05, 3.63) is 41.9 Å². The van der Waals surface area contributed by atoms with Crippen LogP contribution in [0.3, 0.4) is 0 Å². The molecule has 0 radical (unpaired) electrons. The number of hydrogen-bond donors (Lipinski definition) is 1. The van der Waals surface area contributed by atoms with Crippen molar-refractivity contribution < 1.29 is 17.2 Å². The van der Waals surface area contributed by atoms with Crippen LogP contribution in [-0.4, -0.2) is 42.6 Å². The molecule has 1 N–H and O–H groups in total. The summed E-state index contributed by atoms with van der Waals surface area (Å²) in [5.41, 5.74) is 0. The van der Waals surface area contributed by atoms with Crippen LogP contribution in [0.5, 0.6) is 0 Å². The fourth-order valence-electron chi connectivity index (χ4n) is 2.94. The van der Waals surface area contributed by atoms with Crippen molar-refractivity contribution in [2.45, 2.75) is 43.7 Å². The van der Waals surface area contributed by atoms with Crippen LogP contribution in [0, 0.1) is 12.7 Å². The predicted molar refractivity (Wildman–Crippen MR) is 88.8 cm³/mol. The van der Waals surface area contributed by atoms with Gasteiger partial charge in [-0.25, -0.2) is 17.5 Å². The number of aromatic nitrogens is 2. The van der Waals surface area contributed by atoms with Gasteiger partial charge in [0, 0.05) is 26.1 Å². The second-order valence-electron chi connectivity index (χ2n) is 6.22. The Kier molecular flexibility index (Phi) is 5.16. The SMILES string of the molecule is Cc1nnc(C(C)N2CCC(NS(=O)(=O)c3ccc(F)cc3)CC2)o1. The molecule has 1 aromatic heterocycles. The number of hydrogen-bond acceptors (Lipinski definition) is 6. The summed E-state index contributed by atoms with van der Waals surface area (Å²) in [7, 11) is -3.64. The van der Waals surface area contributed by atoms with Gasteiger partial charge in [0.25, 0.3) is 0 Å². The third-order valence-electron chi connectivity index (χ3n) is 4.42. The molecule has 0 bridgehead atoms. The molecule has 0 aliphatic carbocycles. The van der Waals surface area contributed by atoms with Crippen molar-refractivity contribution in [1.82, 2.24) is 19.8 Å². The lowest BCUT2D eigenvalue weighted by atomic mass is 10.0. The summed E-state index contributed by atoms with van der Waals surface area (Å²) in [5.74, 6) is 0.643. The Bertz CT molecular complexity index is 814. The number of nitrogens with zero attached hydrogens (tertiary/aromatic N) is 3. The summed E-state index contributed by atoms with van der Waals surface area (Å²) >= 11 is 0. The Labute approximate surface area is 146 Å². The number of benzene rings is 1. The Morgan fingerprint density at radius 1 is 1.24 bits per heavy atom. The van der Waals surface area contributed by atoms with Crippen molar-refractivity contribution in [3.8, 4) is 0 Å². The van der Waals surface area contributed by atoms with Crippen LogP contribution in [0.4, 0.5) is 4.39 Å². The molecule has 3 rings (SSSR count). The molecule has 7 nitrogen and oxygen atoms in total. The fourth-order valence-corrected chi connectivity index (χ4v) is 4.25. The van der Waals surface area contributed by atoms with Gasteiger partial charge in [0.15, 0.2) is 0 Å². The number of aryl methyl sites for hydroxylation is 1. The van der Waals surface area contributed by atoms with Gasteiger partial charge >= 0.3 is 0 Å². The van der Waals surface area contributed by atoms with Gasteiger partial charge in [-0.15, -0.1) is 10.2 Å². The molecule has 1 unspecified atom stereocenters. The highest BCUT2D eigenvalue weighted by molar-refractivity contribution is 7.89. The van der Waals surface area contributed by atoms with E-state index in [-0.39, 0.29) is 17.0 Å². The highest BCUT2D eigenvalue weighted by Gasteiger charge is 2.28. The number of likely N-dealkylation sites (tertiary alicyclic amines) is 1. The molecule has 25 heavy (non-hydrogen) atoms. The van der Waals surface area contributed by atoms with E-state index in [0.29, 0.717) is 24.6 Å². The van der Waals surface area contributed by atoms with Crippen molar-refractivity contribution in [1.29, 1.82) is 0 Å². The lowest BCUT2D eigenvalue weighted by Crippen LogP contribution is -2.45. The zero-order valence-corrected chi connectivity index (χ0v) is 15.0. The van der Waals surface area contributed by atoms with E-state index in [9.17, 15) is 12.8 Å². The molecule has 1 aromatic carbocycles. The van der Waals surface area contributed by atoms with Crippen molar-refractivity contribution >= 4 is 10.0 Å². The molecule has 1 saturated heterocycles. The zero-order chi connectivity index (χ0) is 18.0. The van der Waals surface area contributed by atoms with E-state index in [1.54, 1.807) is 6.92 Å². The Morgan fingerprint density at radius 3 is 2.44 bits per heavy atom. The van der Waals surface area contributed by atoms with E-state index >= 15 is 0 Å². The third kappa shape index (κ3) is 4.23. The van der Waals surface area contributed by atoms with E-state index in [1.165, 1.54) is 12.1 Å². The van der Waals surface area contributed by atoms with E-state index < -0.39 is 15.8 Å². The van der Waals surface area contributed by atoms with Gasteiger partial charge in [-0.1, -0.05) is 0 Å². The second kappa shape index (κ2) is 7.19. The summed E-state index contributed by atoms with van der Waals surface area (Å²) in [4.78, 5) is 2.27. The third-order valence-corrected chi connectivity index (χ3v) is 5.96. The molecular weight excluding hydrogens is 347 g/mol. The highest BCUT2D eigenvalue weighted by atomic mass is 32.2. The molecule has 0 amide bonds. The minimum atomic E-state index is -3.64. The summed E-state index contributed by atoms with van der Waals surface area (Å²) in [6.45, 7) is 5.19. The molecule has 1 fully saturated rings. The van der Waals surface area contributed by atoms with Crippen LogP contribution >= 0.6 is 0 Å². The topological polar surface area (TPSA) is 88.3 Å². The Hall–Kier alpha value is -1.84. The first kappa shape index (κ1) is 18.0. The van der Waals surface area contributed by atoms with Crippen LogP contribution in [-0.2, 0) is 10.0 Å². The first-order chi connectivity index (χ1) is 11.8. The minimum absolute atomic E-state index is 0.00384. The van der Waals surface area contributed by atoms with E-state index in [0.717, 1.165) is 25.2 Å². The maximum Gasteiger partial charge on any atom is 0.240 e. The smallest absolute Gasteiger partial charge is 0.240 e. The average Bonchev–Trinajstić information content (AvgIpc) is 3.01. The predicted octanol–water partition coefficient (Wildman–Crippen LogP) is 2.02. The van der Waals surface area contributed by atoms with Gasteiger partial charge in [-0.2, -0.15) is 0 Å². The average molecular weight is 368 g/mol. The molecule has 0 spiro atoms. The van der Waals surface area contributed by atoms with Crippen LogP contribution in [0.2, 0.25) is 0 Å². The maximum absolute atomic E-state index is 13.0. The quantitative estimate of drug-likeness (QED) is 0.869. The summed E-state index contributed by atoms with van der Waals surface area (Å²) in [6, 6.07) is 4.68. The minimum Gasteiger partial charge on any atom is -0.424 e. The number of rotatable bonds is 5. The normalized spacial score (nSPS) is 18.4. The van der Waals surface area contributed by atoms with Crippen molar-refractivity contribution in [2.75, 3.05) is 13.1 Å². The van der Waals surface area contributed by atoms with Gasteiger partial charge in [0.2, 0.25) is 21.8 Å². The molecule has 2 heterocycles. The molecule has 1 aliphatic heterocycles. The van der Waals surface area contributed by atoms with Crippen LogP contribution in [0.1, 0.15) is 37.6 Å². The van der Waals surface area contributed by atoms with Gasteiger partial charge in [-0.3, -0.25) is 4.90 Å². The Balaban J connectivity index is 1.58. The Morgan fingerprint density at radius 2 is 1.88 bits per heavy atom. The largest absolute Gasteiger partial charge is 0.424 e. The first-order valence-corrected chi connectivity index (χ1v) is 9.65. The number of halogens is 1. The molecule has 136 valence electrons. The zero-order valence-electron chi connectivity index (χ0n) is 14.1. The van der Waals surface area contributed by atoms with E-state index in [2.05, 4.69) is 19.8 Å². The maximum atomic E-state index is 13.0. The first-order valence-electron chi connectivity index (χ1n) is 8.17. The van der Waals surface area contributed by atoms with Crippen molar-refractivity contribution in [3.63, 3.8) is 0 Å². The van der Waals surface area contributed by atoms with Crippen LogP contribution in [0.15, 0.2) is 33.6 Å². The number of piperidine rings is 1. The molecular formula is C16H21FN4O3S. The highest BCUT2D eigenvalue weighted by Crippen LogP contribution is 2.24. The fraction of sp³-hybridized carbons (Fsp3) is 0.500. The lowest BCUT2D eigenvalue weighted by Gasteiger charge is -2.34. The molecule has 1 atom stereocenters. The standard InChI is InChI=1S/C16H21FN4O3S/c1-11(16-19-18-12(2)24-16)21-9-7-14(8-10-21)20-25(22,23)15-5-3-13(17)4-6-15/h3-6,11,14,20H,7-10H2,1-2H3. The number of sulfonamides is 1. The monoisotopic (exact) mass is 368 g/mol. The van der Waals surface area contributed by atoms with Gasteiger partial charge in [0.1, 0.15) is 5.82 Å². The van der Waals surface area contributed by atoms with Gasteiger partial charge in [0.05, 0.1) is 10.9 Å². The van der Waals surface area contributed by atoms with Gasteiger partial charge < -0.3 is 4.42 Å². The molecule has 2 aromatic rings. The lowest BCUT2D eigenvalue weighted by molar-refractivity contribution is 0.139. The molecule has 0 saturated carbocycles. The molecule has 9 heteroatoms. The van der Waals surface area contributed by atoms with E-state index in [4.69, 9.17) is 4.42 Å². The van der Waals surface area contributed by atoms with Crippen LogP contribution in [0.25, 0.3) is 0 Å². The summed E-state index contributed by atoms with van der Waals surface area (Å²) < 4.78 is 45.9. The van der Waals surface area contributed by atoms with E-state index in [1.807, 2.05) is 6.92 Å².